The third kappa shape index (κ3) is 2.28. The van der Waals surface area contributed by atoms with E-state index in [1.54, 1.807) is 4.90 Å². The molecule has 4 atom stereocenters. The molecule has 22 heavy (non-hydrogen) atoms. The summed E-state index contributed by atoms with van der Waals surface area (Å²) in [5.41, 5.74) is -0.903. The Morgan fingerprint density at radius 2 is 1.95 bits per heavy atom. The molecular formula is C16H25NO5. The SMILES string of the molecule is COC(=O)C(O)C1(C2[C@H]3C[C@@H]2N(C(=O)OC(C)(C)C)C3)CC1. The lowest BCUT2D eigenvalue weighted by molar-refractivity contribution is -0.158. The predicted molar refractivity (Wildman–Crippen MR) is 78.0 cm³/mol. The minimum absolute atomic E-state index is 0.0849. The molecule has 6 heteroatoms. The highest BCUT2D eigenvalue weighted by molar-refractivity contribution is 5.76. The second-order valence-electron chi connectivity index (χ2n) is 7.88. The third-order valence-corrected chi connectivity index (χ3v) is 5.39. The van der Waals surface area contributed by atoms with Crippen LogP contribution in [-0.4, -0.2) is 53.5 Å². The van der Waals surface area contributed by atoms with E-state index < -0.39 is 23.1 Å². The highest BCUT2D eigenvalue weighted by Gasteiger charge is 2.69. The number of fused-ring (bicyclic) bond motifs is 1. The second kappa shape index (κ2) is 4.85. The van der Waals surface area contributed by atoms with E-state index in [-0.39, 0.29) is 18.1 Å². The van der Waals surface area contributed by atoms with E-state index >= 15 is 0 Å². The molecule has 2 saturated carbocycles. The van der Waals surface area contributed by atoms with Crippen molar-refractivity contribution >= 4 is 12.1 Å². The number of rotatable bonds is 3. The summed E-state index contributed by atoms with van der Waals surface area (Å²) in [6.07, 6.45) is 1.23. The maximum Gasteiger partial charge on any atom is 0.410 e. The zero-order chi connectivity index (χ0) is 16.3. The molecule has 2 aliphatic heterocycles. The van der Waals surface area contributed by atoms with Gasteiger partial charge < -0.3 is 19.5 Å². The van der Waals surface area contributed by atoms with E-state index in [0.29, 0.717) is 12.5 Å². The van der Waals surface area contributed by atoms with E-state index in [9.17, 15) is 14.7 Å². The number of methoxy groups -OCH3 is 1. The van der Waals surface area contributed by atoms with Gasteiger partial charge in [0, 0.05) is 18.0 Å². The fraction of sp³-hybridized carbons (Fsp3) is 0.875. The normalized spacial score (nSPS) is 33.0. The lowest BCUT2D eigenvalue weighted by Crippen LogP contribution is -2.51. The van der Waals surface area contributed by atoms with Gasteiger partial charge in [-0.25, -0.2) is 9.59 Å². The van der Waals surface area contributed by atoms with Gasteiger partial charge in [0.25, 0.3) is 0 Å². The number of carbonyl (C=O) groups excluding carboxylic acids is 2. The van der Waals surface area contributed by atoms with E-state index in [4.69, 9.17) is 9.47 Å². The Morgan fingerprint density at radius 3 is 2.45 bits per heavy atom. The van der Waals surface area contributed by atoms with Crippen molar-refractivity contribution in [3.63, 3.8) is 0 Å². The molecule has 0 aromatic rings. The van der Waals surface area contributed by atoms with E-state index in [1.807, 2.05) is 20.8 Å². The number of hydrogen-bond donors (Lipinski definition) is 1. The zero-order valence-electron chi connectivity index (χ0n) is 13.7. The van der Waals surface area contributed by atoms with E-state index in [0.717, 1.165) is 19.3 Å². The topological polar surface area (TPSA) is 76.1 Å². The van der Waals surface area contributed by atoms with Crippen LogP contribution >= 0.6 is 0 Å². The molecule has 0 radical (unpaired) electrons. The van der Waals surface area contributed by atoms with Gasteiger partial charge in [-0.2, -0.15) is 0 Å². The Kier molecular flexibility index (Phi) is 3.43. The number of hydrogen-bond acceptors (Lipinski definition) is 5. The minimum atomic E-state index is -1.08. The summed E-state index contributed by atoms with van der Waals surface area (Å²) in [7, 11) is 1.30. The number of esters is 1. The number of amides is 1. The van der Waals surface area contributed by atoms with Crippen LogP contribution in [0, 0.1) is 17.3 Å². The van der Waals surface area contributed by atoms with Crippen LogP contribution in [0.2, 0.25) is 0 Å². The van der Waals surface area contributed by atoms with Crippen LogP contribution in [0.25, 0.3) is 0 Å². The van der Waals surface area contributed by atoms with Crippen molar-refractivity contribution in [2.45, 2.75) is 57.8 Å². The molecule has 0 aromatic heterocycles. The maximum absolute atomic E-state index is 12.3. The molecule has 124 valence electrons. The lowest BCUT2D eigenvalue weighted by atomic mass is 9.63. The molecule has 1 N–H and O–H groups in total. The monoisotopic (exact) mass is 311 g/mol. The molecule has 2 aliphatic carbocycles. The Labute approximate surface area is 130 Å². The fourth-order valence-corrected chi connectivity index (χ4v) is 4.28. The van der Waals surface area contributed by atoms with Gasteiger partial charge in [0.15, 0.2) is 6.10 Å². The number of carbonyl (C=O) groups is 2. The number of nitrogens with zero attached hydrogens (tertiary/aromatic N) is 1. The van der Waals surface area contributed by atoms with Crippen molar-refractivity contribution in [3.8, 4) is 0 Å². The molecule has 0 aromatic carbocycles. The van der Waals surface area contributed by atoms with Crippen LogP contribution in [0.15, 0.2) is 0 Å². The van der Waals surface area contributed by atoms with Gasteiger partial charge >= 0.3 is 12.1 Å². The van der Waals surface area contributed by atoms with Crippen molar-refractivity contribution in [1.29, 1.82) is 0 Å². The van der Waals surface area contributed by atoms with Crippen molar-refractivity contribution in [2.75, 3.05) is 13.7 Å². The average Bonchev–Trinajstić information content (AvgIpc) is 2.92. The summed E-state index contributed by atoms with van der Waals surface area (Å²) in [6, 6.07) is 0.0849. The number of aliphatic hydroxyl groups excluding tert-OH is 1. The standard InChI is InChI=1S/C16H25NO5/c1-15(2,3)22-14(20)17-8-9-7-10(17)11(9)16(5-6-16)12(18)13(19)21-4/h9-12,18H,5-8H2,1-4H3/t9-,10-,11?,12?/m0/s1. The summed E-state index contributed by atoms with van der Waals surface area (Å²) in [4.78, 5) is 25.8. The fourth-order valence-electron chi connectivity index (χ4n) is 4.28. The van der Waals surface area contributed by atoms with Gasteiger partial charge in [-0.15, -0.1) is 0 Å². The van der Waals surface area contributed by atoms with Gasteiger partial charge in [0.2, 0.25) is 0 Å². The van der Waals surface area contributed by atoms with E-state index in [2.05, 4.69) is 0 Å². The van der Waals surface area contributed by atoms with Gasteiger partial charge in [0.05, 0.1) is 7.11 Å². The average molecular weight is 311 g/mol. The summed E-state index contributed by atoms with van der Waals surface area (Å²) in [5.74, 6) is -0.0129. The van der Waals surface area contributed by atoms with Crippen molar-refractivity contribution < 1.29 is 24.2 Å². The van der Waals surface area contributed by atoms with E-state index in [1.165, 1.54) is 7.11 Å². The van der Waals surface area contributed by atoms with Crippen LogP contribution in [0.1, 0.15) is 40.0 Å². The van der Waals surface area contributed by atoms with Gasteiger partial charge in [0.1, 0.15) is 5.60 Å². The van der Waals surface area contributed by atoms with Crippen molar-refractivity contribution in [3.05, 3.63) is 0 Å². The van der Waals surface area contributed by atoms with Gasteiger partial charge in [-0.1, -0.05) is 0 Å². The Morgan fingerprint density at radius 1 is 1.32 bits per heavy atom. The smallest absolute Gasteiger partial charge is 0.410 e. The van der Waals surface area contributed by atoms with Gasteiger partial charge in [-0.05, 0) is 51.9 Å². The lowest BCUT2D eigenvalue weighted by Gasteiger charge is -2.43. The third-order valence-electron chi connectivity index (χ3n) is 5.39. The first kappa shape index (κ1) is 15.6. The first-order valence-electron chi connectivity index (χ1n) is 7.95. The summed E-state index contributed by atoms with van der Waals surface area (Å²) < 4.78 is 10.2. The van der Waals surface area contributed by atoms with Crippen LogP contribution in [0.5, 0.6) is 0 Å². The molecule has 4 fully saturated rings. The first-order valence-corrected chi connectivity index (χ1v) is 7.95. The largest absolute Gasteiger partial charge is 0.467 e. The predicted octanol–water partition coefficient (Wildman–Crippen LogP) is 1.56. The van der Waals surface area contributed by atoms with Gasteiger partial charge in [-0.3, -0.25) is 0 Å². The molecule has 2 saturated heterocycles. The first-order chi connectivity index (χ1) is 10.2. The van der Waals surface area contributed by atoms with Crippen LogP contribution in [-0.2, 0) is 14.3 Å². The Balaban J connectivity index is 1.70. The number of ether oxygens (including phenoxy) is 2. The highest BCUT2D eigenvalue weighted by Crippen LogP contribution is 2.66. The molecule has 2 bridgehead atoms. The Hall–Kier alpha value is -1.30. The molecular weight excluding hydrogens is 286 g/mol. The molecule has 6 nitrogen and oxygen atoms in total. The maximum atomic E-state index is 12.3. The summed E-state index contributed by atoms with van der Waals surface area (Å²) in [6.45, 7) is 6.23. The van der Waals surface area contributed by atoms with Crippen LogP contribution in [0.4, 0.5) is 4.79 Å². The van der Waals surface area contributed by atoms with Crippen molar-refractivity contribution in [2.24, 2.45) is 17.3 Å². The summed E-state index contributed by atoms with van der Waals surface area (Å²) >= 11 is 0. The van der Waals surface area contributed by atoms with Crippen molar-refractivity contribution in [1.82, 2.24) is 4.90 Å². The van der Waals surface area contributed by atoms with Crippen LogP contribution < -0.4 is 0 Å². The molecule has 4 rings (SSSR count). The van der Waals surface area contributed by atoms with Crippen LogP contribution in [0.3, 0.4) is 0 Å². The second-order valence-corrected chi connectivity index (χ2v) is 7.88. The number of aliphatic hydroxyl groups is 1. The quantitative estimate of drug-likeness (QED) is 0.800. The highest BCUT2D eigenvalue weighted by atomic mass is 16.6. The molecule has 2 heterocycles. The molecule has 0 spiro atoms. The zero-order valence-corrected chi connectivity index (χ0v) is 13.7. The Bertz CT molecular complexity index is 493. The molecule has 1 amide bonds. The molecule has 4 aliphatic rings. The molecule has 2 unspecified atom stereocenters. The minimum Gasteiger partial charge on any atom is -0.467 e. The summed E-state index contributed by atoms with van der Waals surface area (Å²) in [5, 5.41) is 10.3.